The SMILES string of the molecule is Cc1cc(OCC(=O)N2CC[C@@]3(O)CCCC[C@H]3C2)c2c(C)c(Cc3ccccc3)c(=O)oc2c1. The van der Waals surface area contributed by atoms with Crippen molar-refractivity contribution in [3.05, 3.63) is 75.1 Å². The van der Waals surface area contributed by atoms with Gasteiger partial charge in [-0.25, -0.2) is 4.79 Å². The summed E-state index contributed by atoms with van der Waals surface area (Å²) in [5.41, 5.74) is 2.83. The molecule has 0 spiro atoms. The first-order valence-corrected chi connectivity index (χ1v) is 12.6. The van der Waals surface area contributed by atoms with Crippen molar-refractivity contribution in [3.8, 4) is 5.75 Å². The minimum Gasteiger partial charge on any atom is -0.483 e. The molecule has 1 aliphatic carbocycles. The molecule has 2 heterocycles. The highest BCUT2D eigenvalue weighted by Crippen LogP contribution is 2.40. The number of amides is 1. The van der Waals surface area contributed by atoms with E-state index in [2.05, 4.69) is 0 Å². The highest BCUT2D eigenvalue weighted by atomic mass is 16.5. The van der Waals surface area contributed by atoms with E-state index in [9.17, 15) is 14.7 Å². The van der Waals surface area contributed by atoms with Gasteiger partial charge in [-0.3, -0.25) is 4.79 Å². The molecule has 1 amide bonds. The van der Waals surface area contributed by atoms with Gasteiger partial charge in [-0.05, 0) is 61.9 Å². The van der Waals surface area contributed by atoms with E-state index in [0.717, 1.165) is 47.8 Å². The van der Waals surface area contributed by atoms with Gasteiger partial charge in [-0.1, -0.05) is 43.2 Å². The number of likely N-dealkylation sites (tertiary alicyclic amines) is 1. The molecule has 2 fully saturated rings. The van der Waals surface area contributed by atoms with Gasteiger partial charge in [0.1, 0.15) is 11.3 Å². The molecule has 1 aromatic heterocycles. The average molecular weight is 476 g/mol. The van der Waals surface area contributed by atoms with Crippen LogP contribution in [0.1, 0.15) is 54.4 Å². The number of ether oxygens (including phenoxy) is 1. The number of rotatable bonds is 5. The Hall–Kier alpha value is -3.12. The molecule has 3 aromatic rings. The average Bonchev–Trinajstić information content (AvgIpc) is 2.84. The fourth-order valence-corrected chi connectivity index (χ4v) is 5.78. The number of aliphatic hydroxyl groups is 1. The number of hydrogen-bond acceptors (Lipinski definition) is 5. The lowest BCUT2D eigenvalue weighted by atomic mass is 9.71. The van der Waals surface area contributed by atoms with Gasteiger partial charge < -0.3 is 19.2 Å². The van der Waals surface area contributed by atoms with E-state index in [1.807, 2.05) is 61.2 Å². The highest BCUT2D eigenvalue weighted by Gasteiger charge is 2.43. The number of aryl methyl sites for hydroxylation is 2. The molecule has 6 heteroatoms. The second kappa shape index (κ2) is 9.50. The Bertz CT molecular complexity index is 1300. The number of piperidine rings is 1. The van der Waals surface area contributed by atoms with E-state index in [-0.39, 0.29) is 24.1 Å². The van der Waals surface area contributed by atoms with Gasteiger partial charge in [0, 0.05) is 31.0 Å². The molecule has 0 unspecified atom stereocenters. The second-order valence-corrected chi connectivity index (χ2v) is 10.2. The molecule has 0 radical (unpaired) electrons. The lowest BCUT2D eigenvalue weighted by Gasteiger charge is -2.47. The van der Waals surface area contributed by atoms with Crippen LogP contribution < -0.4 is 10.4 Å². The van der Waals surface area contributed by atoms with E-state index in [0.29, 0.717) is 42.8 Å². The summed E-state index contributed by atoms with van der Waals surface area (Å²) in [6, 6.07) is 13.5. The van der Waals surface area contributed by atoms with Crippen molar-refractivity contribution in [2.75, 3.05) is 19.7 Å². The van der Waals surface area contributed by atoms with Crippen LogP contribution in [0.2, 0.25) is 0 Å². The number of fused-ring (bicyclic) bond motifs is 2. The van der Waals surface area contributed by atoms with Gasteiger partial charge in [-0.2, -0.15) is 0 Å². The van der Waals surface area contributed by atoms with Crippen LogP contribution in [0, 0.1) is 19.8 Å². The van der Waals surface area contributed by atoms with Gasteiger partial charge >= 0.3 is 5.63 Å². The van der Waals surface area contributed by atoms with Crippen molar-refractivity contribution in [3.63, 3.8) is 0 Å². The van der Waals surface area contributed by atoms with Crippen molar-refractivity contribution in [2.24, 2.45) is 5.92 Å². The number of hydrogen-bond donors (Lipinski definition) is 1. The maximum atomic E-state index is 13.1. The molecule has 6 nitrogen and oxygen atoms in total. The highest BCUT2D eigenvalue weighted by molar-refractivity contribution is 5.89. The first kappa shape index (κ1) is 23.6. The van der Waals surface area contributed by atoms with Gasteiger partial charge in [0.25, 0.3) is 5.91 Å². The molecular formula is C29H33NO5. The van der Waals surface area contributed by atoms with E-state index in [1.165, 1.54) is 0 Å². The quantitative estimate of drug-likeness (QED) is 0.549. The fourth-order valence-electron chi connectivity index (χ4n) is 5.78. The first-order valence-electron chi connectivity index (χ1n) is 12.6. The smallest absolute Gasteiger partial charge is 0.340 e. The third kappa shape index (κ3) is 4.72. The number of nitrogens with zero attached hydrogens (tertiary/aromatic N) is 1. The molecule has 2 aliphatic rings. The minimum absolute atomic E-state index is 0.0770. The van der Waals surface area contributed by atoms with E-state index in [4.69, 9.17) is 9.15 Å². The van der Waals surface area contributed by atoms with Crippen molar-refractivity contribution >= 4 is 16.9 Å². The lowest BCUT2D eigenvalue weighted by molar-refractivity contribution is -0.145. The summed E-state index contributed by atoms with van der Waals surface area (Å²) >= 11 is 0. The Morgan fingerprint density at radius 3 is 2.77 bits per heavy atom. The fraction of sp³-hybridized carbons (Fsp3) is 0.448. The summed E-state index contributed by atoms with van der Waals surface area (Å²) in [6.07, 6.45) is 5.06. The molecule has 184 valence electrons. The molecule has 1 saturated carbocycles. The third-order valence-corrected chi connectivity index (χ3v) is 7.84. The largest absolute Gasteiger partial charge is 0.483 e. The van der Waals surface area contributed by atoms with Gasteiger partial charge in [0.2, 0.25) is 0 Å². The molecule has 1 aliphatic heterocycles. The van der Waals surface area contributed by atoms with E-state index in [1.54, 1.807) is 0 Å². The van der Waals surface area contributed by atoms with Crippen LogP contribution in [0.15, 0.2) is 51.7 Å². The topological polar surface area (TPSA) is 80.0 Å². The Balaban J connectivity index is 1.38. The number of carbonyl (C=O) groups excluding carboxylic acids is 1. The third-order valence-electron chi connectivity index (χ3n) is 7.84. The van der Waals surface area contributed by atoms with Crippen molar-refractivity contribution in [1.82, 2.24) is 4.90 Å². The molecule has 2 aromatic carbocycles. The van der Waals surface area contributed by atoms with Crippen molar-refractivity contribution in [1.29, 1.82) is 0 Å². The summed E-state index contributed by atoms with van der Waals surface area (Å²) in [7, 11) is 0. The maximum Gasteiger partial charge on any atom is 0.340 e. The summed E-state index contributed by atoms with van der Waals surface area (Å²) in [5.74, 6) is 0.618. The standard InChI is InChI=1S/C29H33NO5/c1-19-14-24(34-18-26(31)30-13-12-29(33)11-7-6-10-22(29)17-30)27-20(2)23(28(32)35-25(27)15-19)16-21-8-4-3-5-9-21/h3-5,8-9,14-15,22,33H,6-7,10-13,16-18H2,1-2H3/t22-,29-/m0/s1. The Morgan fingerprint density at radius 1 is 1.17 bits per heavy atom. The Labute approximate surface area is 205 Å². The molecule has 35 heavy (non-hydrogen) atoms. The van der Waals surface area contributed by atoms with Crippen LogP contribution >= 0.6 is 0 Å². The predicted octanol–water partition coefficient (Wildman–Crippen LogP) is 4.53. The summed E-state index contributed by atoms with van der Waals surface area (Å²) in [6.45, 7) is 4.88. The predicted molar refractivity (Wildman–Crippen MR) is 135 cm³/mol. The molecule has 2 atom stereocenters. The molecule has 1 saturated heterocycles. The van der Waals surface area contributed by atoms with E-state index >= 15 is 0 Å². The number of benzene rings is 2. The van der Waals surface area contributed by atoms with Gasteiger partial charge in [0.15, 0.2) is 6.61 Å². The zero-order valence-electron chi connectivity index (χ0n) is 20.5. The van der Waals surface area contributed by atoms with Crippen molar-refractivity contribution < 1.29 is 19.1 Å². The summed E-state index contributed by atoms with van der Waals surface area (Å²) in [5, 5.41) is 11.7. The van der Waals surface area contributed by atoms with Crippen LogP contribution in [-0.2, 0) is 11.2 Å². The van der Waals surface area contributed by atoms with Crippen LogP contribution in [0.5, 0.6) is 5.75 Å². The molecular weight excluding hydrogens is 442 g/mol. The maximum absolute atomic E-state index is 13.1. The van der Waals surface area contributed by atoms with Gasteiger partial charge in [0.05, 0.1) is 11.0 Å². The lowest BCUT2D eigenvalue weighted by Crippen LogP contribution is -2.55. The normalized spacial score (nSPS) is 22.1. The summed E-state index contributed by atoms with van der Waals surface area (Å²) in [4.78, 5) is 27.7. The van der Waals surface area contributed by atoms with Crippen LogP contribution in [-0.4, -0.2) is 41.2 Å². The van der Waals surface area contributed by atoms with Crippen LogP contribution in [0.4, 0.5) is 0 Å². The monoisotopic (exact) mass is 475 g/mol. The van der Waals surface area contributed by atoms with Crippen LogP contribution in [0.25, 0.3) is 11.0 Å². The van der Waals surface area contributed by atoms with E-state index < -0.39 is 5.60 Å². The van der Waals surface area contributed by atoms with Crippen molar-refractivity contribution in [2.45, 2.75) is 58.0 Å². The molecule has 5 rings (SSSR count). The first-order chi connectivity index (χ1) is 16.8. The zero-order valence-corrected chi connectivity index (χ0v) is 20.5. The second-order valence-electron chi connectivity index (χ2n) is 10.2. The zero-order chi connectivity index (χ0) is 24.6. The molecule has 0 bridgehead atoms. The van der Waals surface area contributed by atoms with Crippen LogP contribution in [0.3, 0.4) is 0 Å². The Kier molecular flexibility index (Phi) is 6.41. The van der Waals surface area contributed by atoms with Gasteiger partial charge in [-0.15, -0.1) is 0 Å². The summed E-state index contributed by atoms with van der Waals surface area (Å²) < 4.78 is 11.8. The Morgan fingerprint density at radius 2 is 1.97 bits per heavy atom. The molecule has 1 N–H and O–H groups in total. The minimum atomic E-state index is -0.619. The number of carbonyl (C=O) groups is 1.